The van der Waals surface area contributed by atoms with Crippen LogP contribution in [0.5, 0.6) is 0 Å². The average Bonchev–Trinajstić information content (AvgIpc) is 2.47. The molecule has 0 radical (unpaired) electrons. The number of nitrogens with zero attached hydrogens (tertiary/aromatic N) is 2. The van der Waals surface area contributed by atoms with Crippen molar-refractivity contribution in [2.45, 2.75) is 32.4 Å². The standard InChI is InChI=1S/C9H13ClN2O2/c1-3-12-8(7(10)6-11-12)9(2,14)4-5-13/h5-6,14H,3-4H2,1-2H3. The van der Waals surface area contributed by atoms with E-state index in [0.29, 0.717) is 23.5 Å². The van der Waals surface area contributed by atoms with Crippen LogP contribution < -0.4 is 0 Å². The van der Waals surface area contributed by atoms with Gasteiger partial charge in [0.25, 0.3) is 0 Å². The van der Waals surface area contributed by atoms with Gasteiger partial charge in [0, 0.05) is 13.0 Å². The maximum absolute atomic E-state index is 10.4. The molecule has 0 bridgehead atoms. The highest BCUT2D eigenvalue weighted by Crippen LogP contribution is 2.29. The maximum Gasteiger partial charge on any atom is 0.123 e. The van der Waals surface area contributed by atoms with Crippen molar-refractivity contribution in [1.29, 1.82) is 0 Å². The highest BCUT2D eigenvalue weighted by atomic mass is 35.5. The number of hydrogen-bond acceptors (Lipinski definition) is 3. The molecular weight excluding hydrogens is 204 g/mol. The molecule has 1 N–H and O–H groups in total. The van der Waals surface area contributed by atoms with Gasteiger partial charge in [0.15, 0.2) is 0 Å². The fourth-order valence-corrected chi connectivity index (χ4v) is 1.74. The third kappa shape index (κ3) is 1.96. The van der Waals surface area contributed by atoms with Gasteiger partial charge in [-0.15, -0.1) is 0 Å². The Kier molecular flexibility index (Phi) is 3.29. The largest absolute Gasteiger partial charge is 0.383 e. The minimum absolute atomic E-state index is 0.0123. The second kappa shape index (κ2) is 4.11. The van der Waals surface area contributed by atoms with E-state index >= 15 is 0 Å². The van der Waals surface area contributed by atoms with Crippen molar-refractivity contribution in [3.05, 3.63) is 16.9 Å². The van der Waals surface area contributed by atoms with E-state index in [9.17, 15) is 9.90 Å². The van der Waals surface area contributed by atoms with Crippen molar-refractivity contribution in [2.75, 3.05) is 0 Å². The van der Waals surface area contributed by atoms with Crippen molar-refractivity contribution < 1.29 is 9.90 Å². The Bertz CT molecular complexity index is 334. The summed E-state index contributed by atoms with van der Waals surface area (Å²) in [5.74, 6) is 0. The van der Waals surface area contributed by atoms with Crippen molar-refractivity contribution >= 4 is 17.9 Å². The van der Waals surface area contributed by atoms with Crippen molar-refractivity contribution in [3.63, 3.8) is 0 Å². The molecule has 1 aromatic rings. The molecule has 0 aromatic carbocycles. The lowest BCUT2D eigenvalue weighted by Gasteiger charge is -2.22. The second-order valence-corrected chi connectivity index (χ2v) is 3.71. The second-order valence-electron chi connectivity index (χ2n) is 3.30. The van der Waals surface area contributed by atoms with E-state index in [0.717, 1.165) is 0 Å². The predicted octanol–water partition coefficient (Wildman–Crippen LogP) is 1.35. The Balaban J connectivity index is 3.14. The molecule has 0 fully saturated rings. The number of rotatable bonds is 4. The first-order valence-corrected chi connectivity index (χ1v) is 4.78. The van der Waals surface area contributed by atoms with Gasteiger partial charge in [-0.25, -0.2) is 0 Å². The van der Waals surface area contributed by atoms with Crippen LogP contribution >= 0.6 is 11.6 Å². The fraction of sp³-hybridized carbons (Fsp3) is 0.556. The molecule has 78 valence electrons. The molecule has 0 spiro atoms. The Labute approximate surface area is 87.5 Å². The number of hydrogen-bond donors (Lipinski definition) is 1. The van der Waals surface area contributed by atoms with Gasteiger partial charge in [0.1, 0.15) is 11.9 Å². The molecule has 5 heteroatoms. The molecule has 1 heterocycles. The molecule has 1 unspecified atom stereocenters. The zero-order chi connectivity index (χ0) is 10.8. The topological polar surface area (TPSA) is 55.1 Å². The van der Waals surface area contributed by atoms with Crippen LogP contribution in [0, 0.1) is 0 Å². The summed E-state index contributed by atoms with van der Waals surface area (Å²) < 4.78 is 1.59. The zero-order valence-electron chi connectivity index (χ0n) is 8.20. The minimum atomic E-state index is -1.24. The highest BCUT2D eigenvalue weighted by Gasteiger charge is 2.29. The monoisotopic (exact) mass is 216 g/mol. The molecule has 0 saturated carbocycles. The zero-order valence-corrected chi connectivity index (χ0v) is 8.95. The van der Waals surface area contributed by atoms with Crippen LogP contribution in [-0.4, -0.2) is 21.2 Å². The molecule has 0 saturated heterocycles. The van der Waals surface area contributed by atoms with E-state index in [1.165, 1.54) is 6.20 Å². The number of carbonyl (C=O) groups excluding carboxylic acids is 1. The van der Waals surface area contributed by atoms with Gasteiger partial charge in [-0.1, -0.05) is 11.6 Å². The summed E-state index contributed by atoms with van der Waals surface area (Å²) in [7, 11) is 0. The van der Waals surface area contributed by atoms with Crippen LogP contribution in [0.3, 0.4) is 0 Å². The van der Waals surface area contributed by atoms with Crippen molar-refractivity contribution in [3.8, 4) is 0 Å². The van der Waals surface area contributed by atoms with Gasteiger partial charge in [-0.3, -0.25) is 4.68 Å². The molecule has 0 amide bonds. The van der Waals surface area contributed by atoms with Gasteiger partial charge >= 0.3 is 0 Å². The summed E-state index contributed by atoms with van der Waals surface area (Å²) >= 11 is 5.88. The summed E-state index contributed by atoms with van der Waals surface area (Å²) in [6, 6.07) is 0. The van der Waals surface area contributed by atoms with Gasteiger partial charge in [0.05, 0.1) is 16.9 Å². The quantitative estimate of drug-likeness (QED) is 0.774. The summed E-state index contributed by atoms with van der Waals surface area (Å²) in [6.07, 6.45) is 2.15. The summed E-state index contributed by atoms with van der Waals surface area (Å²) in [6.45, 7) is 4.05. The number of aryl methyl sites for hydroxylation is 1. The summed E-state index contributed by atoms with van der Waals surface area (Å²) in [5, 5.41) is 14.4. The average molecular weight is 217 g/mol. The van der Waals surface area contributed by atoms with Crippen molar-refractivity contribution in [1.82, 2.24) is 9.78 Å². The van der Waals surface area contributed by atoms with Crippen LogP contribution in [0.4, 0.5) is 0 Å². The SMILES string of the molecule is CCn1ncc(Cl)c1C(C)(O)CC=O. The van der Waals surface area contributed by atoms with E-state index in [2.05, 4.69) is 5.10 Å². The first kappa shape index (κ1) is 11.2. The Hall–Kier alpha value is -0.870. The Morgan fingerprint density at radius 1 is 1.79 bits per heavy atom. The molecule has 1 aromatic heterocycles. The number of aliphatic hydroxyl groups is 1. The first-order chi connectivity index (χ1) is 6.53. The molecule has 0 aliphatic carbocycles. The summed E-state index contributed by atoms with van der Waals surface area (Å²) in [5.41, 5.74) is -0.750. The summed E-state index contributed by atoms with van der Waals surface area (Å²) in [4.78, 5) is 10.4. The molecule has 1 rings (SSSR count). The number of aromatic nitrogens is 2. The lowest BCUT2D eigenvalue weighted by atomic mass is 9.99. The molecule has 1 atom stereocenters. The lowest BCUT2D eigenvalue weighted by molar-refractivity contribution is -0.112. The van der Waals surface area contributed by atoms with Gasteiger partial charge in [-0.2, -0.15) is 5.10 Å². The van der Waals surface area contributed by atoms with E-state index in [4.69, 9.17) is 11.6 Å². The molecule has 0 aliphatic rings. The fourth-order valence-electron chi connectivity index (χ4n) is 1.40. The van der Waals surface area contributed by atoms with E-state index in [-0.39, 0.29) is 6.42 Å². The first-order valence-electron chi connectivity index (χ1n) is 4.40. The number of aldehydes is 1. The van der Waals surface area contributed by atoms with Crippen LogP contribution in [0.1, 0.15) is 26.0 Å². The minimum Gasteiger partial charge on any atom is -0.383 e. The Morgan fingerprint density at radius 3 is 2.93 bits per heavy atom. The third-order valence-electron chi connectivity index (χ3n) is 2.09. The molecule has 4 nitrogen and oxygen atoms in total. The van der Waals surface area contributed by atoms with Crippen LogP contribution in [-0.2, 0) is 16.9 Å². The van der Waals surface area contributed by atoms with Crippen LogP contribution in [0.25, 0.3) is 0 Å². The van der Waals surface area contributed by atoms with Crippen LogP contribution in [0.15, 0.2) is 6.20 Å². The molecular formula is C9H13ClN2O2. The lowest BCUT2D eigenvalue weighted by Crippen LogP contribution is -2.26. The maximum atomic E-state index is 10.4. The van der Waals surface area contributed by atoms with E-state index in [1.54, 1.807) is 11.6 Å². The third-order valence-corrected chi connectivity index (χ3v) is 2.36. The van der Waals surface area contributed by atoms with Gasteiger partial charge < -0.3 is 9.90 Å². The van der Waals surface area contributed by atoms with Crippen LogP contribution in [0.2, 0.25) is 5.02 Å². The molecule has 0 aliphatic heterocycles. The Morgan fingerprint density at radius 2 is 2.43 bits per heavy atom. The highest BCUT2D eigenvalue weighted by molar-refractivity contribution is 6.31. The van der Waals surface area contributed by atoms with Gasteiger partial charge in [-0.05, 0) is 13.8 Å². The predicted molar refractivity (Wildman–Crippen MR) is 53.2 cm³/mol. The van der Waals surface area contributed by atoms with Crippen molar-refractivity contribution in [2.24, 2.45) is 0 Å². The van der Waals surface area contributed by atoms with Gasteiger partial charge in [0.2, 0.25) is 0 Å². The van der Waals surface area contributed by atoms with E-state index in [1.807, 2.05) is 6.92 Å². The number of carbonyl (C=O) groups is 1. The number of halogens is 1. The molecule has 14 heavy (non-hydrogen) atoms. The van der Waals surface area contributed by atoms with E-state index < -0.39 is 5.60 Å². The smallest absolute Gasteiger partial charge is 0.123 e. The normalized spacial score (nSPS) is 15.1.